The number of imide groups is 1. The molecule has 0 bridgehead atoms. The van der Waals surface area contributed by atoms with Gasteiger partial charge in [0.15, 0.2) is 0 Å². The van der Waals surface area contributed by atoms with Crippen LogP contribution in [0.15, 0.2) is 36.4 Å². The molecule has 176 valence electrons. The molecule has 3 N–H and O–H groups in total. The third-order valence-corrected chi connectivity index (χ3v) is 5.52. The Kier molecular flexibility index (Phi) is 7.78. The minimum Gasteiger partial charge on any atom is -0.480 e. The monoisotopic (exact) mass is 455 g/mol. The van der Waals surface area contributed by atoms with Crippen molar-refractivity contribution in [2.45, 2.75) is 45.7 Å². The van der Waals surface area contributed by atoms with Crippen molar-refractivity contribution in [3.05, 3.63) is 47.5 Å². The standard InChI is InChI=1S/C24H29N3O6/c1-4-33-26-21(28)20(11-14(2)3)25-19(24(31)32)9-10-27-22(29)17-12-15-7-5-6-8-16(15)13-18(17)23(27)30/h5-8,12-14,19-20,25H,4,9-11H2,1-3H3,(H,26,28)(H,31,32)/t19?,20-/m1/s1. The summed E-state index contributed by atoms with van der Waals surface area (Å²) < 4.78 is 0. The van der Waals surface area contributed by atoms with Crippen LogP contribution in [-0.4, -0.2) is 58.9 Å². The Hall–Kier alpha value is -3.30. The molecule has 1 aliphatic rings. The lowest BCUT2D eigenvalue weighted by Crippen LogP contribution is -2.52. The van der Waals surface area contributed by atoms with Crippen LogP contribution in [0.4, 0.5) is 0 Å². The number of amides is 3. The fraction of sp³-hybridized carbons (Fsp3) is 0.417. The lowest BCUT2D eigenvalue weighted by molar-refractivity contribution is -0.141. The van der Waals surface area contributed by atoms with Crippen LogP contribution in [0.2, 0.25) is 0 Å². The molecule has 3 amide bonds. The van der Waals surface area contributed by atoms with E-state index < -0.39 is 35.8 Å². The van der Waals surface area contributed by atoms with Crippen LogP contribution < -0.4 is 10.8 Å². The van der Waals surface area contributed by atoms with Crippen LogP contribution in [0.25, 0.3) is 10.8 Å². The predicted molar refractivity (Wildman–Crippen MR) is 122 cm³/mol. The molecule has 1 unspecified atom stereocenters. The highest BCUT2D eigenvalue weighted by Gasteiger charge is 2.37. The maximum absolute atomic E-state index is 12.9. The smallest absolute Gasteiger partial charge is 0.320 e. The maximum atomic E-state index is 12.9. The third-order valence-electron chi connectivity index (χ3n) is 5.52. The first-order valence-corrected chi connectivity index (χ1v) is 11.0. The fourth-order valence-electron chi connectivity index (χ4n) is 3.90. The van der Waals surface area contributed by atoms with Crippen molar-refractivity contribution in [1.29, 1.82) is 0 Å². The molecule has 0 radical (unpaired) electrons. The SMILES string of the molecule is CCONC(=O)[C@@H](CC(C)C)NC(CCN1C(=O)c2cc3ccccc3cc2C1=O)C(=O)O. The first kappa shape index (κ1) is 24.3. The van der Waals surface area contributed by atoms with Gasteiger partial charge in [-0.15, -0.1) is 0 Å². The van der Waals surface area contributed by atoms with E-state index in [-0.39, 0.29) is 25.5 Å². The van der Waals surface area contributed by atoms with Gasteiger partial charge < -0.3 is 5.11 Å². The van der Waals surface area contributed by atoms with Crippen LogP contribution in [0.3, 0.4) is 0 Å². The summed E-state index contributed by atoms with van der Waals surface area (Å²) in [6, 6.07) is 8.88. The van der Waals surface area contributed by atoms with E-state index in [9.17, 15) is 24.3 Å². The van der Waals surface area contributed by atoms with Gasteiger partial charge in [0.2, 0.25) is 0 Å². The molecule has 9 nitrogen and oxygen atoms in total. The molecule has 2 aromatic rings. The van der Waals surface area contributed by atoms with Gasteiger partial charge in [-0.25, -0.2) is 5.48 Å². The first-order chi connectivity index (χ1) is 15.7. The minimum absolute atomic E-state index is 0.0448. The number of carboxylic acids is 1. The number of hydrogen-bond acceptors (Lipinski definition) is 6. The van der Waals surface area contributed by atoms with E-state index in [2.05, 4.69) is 10.8 Å². The third kappa shape index (κ3) is 5.55. The Labute approximate surface area is 192 Å². The Bertz CT molecular complexity index is 1010. The van der Waals surface area contributed by atoms with Crippen molar-refractivity contribution in [2.24, 2.45) is 5.92 Å². The van der Waals surface area contributed by atoms with Gasteiger partial charge in [-0.3, -0.25) is 34.2 Å². The van der Waals surface area contributed by atoms with Crippen molar-refractivity contribution in [2.75, 3.05) is 13.2 Å². The zero-order chi connectivity index (χ0) is 24.1. The number of aliphatic carboxylic acids is 1. The van der Waals surface area contributed by atoms with Crippen molar-refractivity contribution in [3.63, 3.8) is 0 Å². The summed E-state index contributed by atoms with van der Waals surface area (Å²) in [5.41, 5.74) is 2.93. The maximum Gasteiger partial charge on any atom is 0.320 e. The summed E-state index contributed by atoms with van der Waals surface area (Å²) in [5.74, 6) is -2.41. The molecule has 0 aliphatic carbocycles. The number of nitrogens with one attached hydrogen (secondary N) is 2. The average molecular weight is 456 g/mol. The summed E-state index contributed by atoms with van der Waals surface area (Å²) in [7, 11) is 0. The van der Waals surface area contributed by atoms with Crippen molar-refractivity contribution in [1.82, 2.24) is 15.7 Å². The van der Waals surface area contributed by atoms with E-state index in [1.54, 1.807) is 19.1 Å². The number of benzene rings is 2. The number of nitrogens with zero attached hydrogens (tertiary/aromatic N) is 1. The normalized spacial score (nSPS) is 15.1. The summed E-state index contributed by atoms with van der Waals surface area (Å²) in [5, 5.41) is 14.3. The Morgan fingerprint density at radius 1 is 1.03 bits per heavy atom. The molecule has 1 aliphatic heterocycles. The Balaban J connectivity index is 1.72. The lowest BCUT2D eigenvalue weighted by atomic mass is 10.0. The molecule has 0 spiro atoms. The van der Waals surface area contributed by atoms with Gasteiger partial charge in [-0.05, 0) is 48.6 Å². The fourth-order valence-corrected chi connectivity index (χ4v) is 3.90. The summed E-state index contributed by atoms with van der Waals surface area (Å²) in [4.78, 5) is 56.1. The highest BCUT2D eigenvalue weighted by atomic mass is 16.6. The molecule has 0 saturated carbocycles. The van der Waals surface area contributed by atoms with E-state index in [0.29, 0.717) is 17.5 Å². The second kappa shape index (κ2) is 10.5. The molecule has 0 aromatic heterocycles. The zero-order valence-corrected chi connectivity index (χ0v) is 19.0. The van der Waals surface area contributed by atoms with Crippen LogP contribution in [0, 0.1) is 5.92 Å². The van der Waals surface area contributed by atoms with Crippen LogP contribution >= 0.6 is 0 Å². The lowest BCUT2D eigenvalue weighted by Gasteiger charge is -2.25. The number of hydrogen-bond donors (Lipinski definition) is 3. The number of hydroxylamine groups is 1. The minimum atomic E-state index is -1.17. The van der Waals surface area contributed by atoms with E-state index in [0.717, 1.165) is 15.7 Å². The van der Waals surface area contributed by atoms with Gasteiger partial charge in [0.25, 0.3) is 17.7 Å². The van der Waals surface area contributed by atoms with E-state index >= 15 is 0 Å². The molecule has 0 fully saturated rings. The summed E-state index contributed by atoms with van der Waals surface area (Å²) in [6.07, 6.45) is 0.346. The van der Waals surface area contributed by atoms with Crippen LogP contribution in [0.1, 0.15) is 54.3 Å². The zero-order valence-electron chi connectivity index (χ0n) is 19.0. The van der Waals surface area contributed by atoms with Gasteiger partial charge in [0.1, 0.15) is 6.04 Å². The van der Waals surface area contributed by atoms with Gasteiger partial charge in [-0.1, -0.05) is 38.1 Å². The average Bonchev–Trinajstić information content (AvgIpc) is 3.01. The highest BCUT2D eigenvalue weighted by molar-refractivity contribution is 6.23. The molecule has 2 atom stereocenters. The number of fused-ring (bicyclic) bond motifs is 2. The number of carbonyl (C=O) groups is 4. The van der Waals surface area contributed by atoms with Crippen LogP contribution in [0.5, 0.6) is 0 Å². The van der Waals surface area contributed by atoms with Crippen molar-refractivity contribution < 1.29 is 29.1 Å². The molecule has 33 heavy (non-hydrogen) atoms. The van der Waals surface area contributed by atoms with Crippen molar-refractivity contribution in [3.8, 4) is 0 Å². The van der Waals surface area contributed by atoms with E-state index in [1.165, 1.54) is 0 Å². The molecule has 2 aromatic carbocycles. The summed E-state index contributed by atoms with van der Waals surface area (Å²) in [6.45, 7) is 5.74. The van der Waals surface area contributed by atoms with Gasteiger partial charge in [0.05, 0.1) is 23.8 Å². The summed E-state index contributed by atoms with van der Waals surface area (Å²) >= 11 is 0. The second-order valence-electron chi connectivity index (χ2n) is 8.43. The number of carbonyl (C=O) groups excluding carboxylic acids is 3. The second-order valence-corrected chi connectivity index (χ2v) is 8.43. The Morgan fingerprint density at radius 2 is 1.61 bits per heavy atom. The van der Waals surface area contributed by atoms with Gasteiger partial charge >= 0.3 is 5.97 Å². The molecule has 0 saturated heterocycles. The van der Waals surface area contributed by atoms with E-state index in [1.807, 2.05) is 38.1 Å². The highest BCUT2D eigenvalue weighted by Crippen LogP contribution is 2.28. The molecular weight excluding hydrogens is 426 g/mol. The molecule has 3 rings (SSSR count). The first-order valence-electron chi connectivity index (χ1n) is 11.0. The quantitative estimate of drug-likeness (QED) is 0.351. The number of carboxylic acid groups (broad SMARTS) is 1. The largest absolute Gasteiger partial charge is 0.480 e. The number of rotatable bonds is 11. The van der Waals surface area contributed by atoms with Crippen molar-refractivity contribution >= 4 is 34.5 Å². The topological polar surface area (TPSA) is 125 Å². The molecule has 9 heteroatoms. The van der Waals surface area contributed by atoms with Gasteiger partial charge in [0, 0.05) is 6.54 Å². The van der Waals surface area contributed by atoms with Gasteiger partial charge in [-0.2, -0.15) is 0 Å². The Morgan fingerprint density at radius 3 is 2.09 bits per heavy atom. The van der Waals surface area contributed by atoms with E-state index in [4.69, 9.17) is 4.84 Å². The predicted octanol–water partition coefficient (Wildman–Crippen LogP) is 2.35. The molecular formula is C24H29N3O6. The molecule has 1 heterocycles. The van der Waals surface area contributed by atoms with Crippen LogP contribution in [-0.2, 0) is 14.4 Å².